The van der Waals surface area contributed by atoms with Gasteiger partial charge >= 0.3 is 0 Å². The lowest BCUT2D eigenvalue weighted by atomic mass is 10.3. The number of thioether (sulfide) groups is 1. The Labute approximate surface area is 109 Å². The smallest absolute Gasteiger partial charge is 0.233 e. The Balaban J connectivity index is 1.90. The van der Waals surface area contributed by atoms with Gasteiger partial charge in [0.2, 0.25) is 5.91 Å². The van der Waals surface area contributed by atoms with Crippen molar-refractivity contribution >= 4 is 29.0 Å². The van der Waals surface area contributed by atoms with Gasteiger partial charge in [0.05, 0.1) is 25.6 Å². The van der Waals surface area contributed by atoms with Crippen molar-refractivity contribution in [2.24, 2.45) is 0 Å². The highest BCUT2D eigenvalue weighted by Gasteiger charge is 2.32. The quantitative estimate of drug-likeness (QED) is 0.795. The van der Waals surface area contributed by atoms with Crippen molar-refractivity contribution in [3.63, 3.8) is 0 Å². The van der Waals surface area contributed by atoms with Crippen molar-refractivity contribution < 1.29 is 14.6 Å². The number of aliphatic hydroxyl groups is 1. The van der Waals surface area contributed by atoms with Gasteiger partial charge in [-0.2, -0.15) is 11.3 Å². The van der Waals surface area contributed by atoms with E-state index in [1.807, 2.05) is 10.3 Å². The third-order valence-electron chi connectivity index (χ3n) is 2.51. The average Bonchev–Trinajstić information content (AvgIpc) is 2.94. The number of carbonyl (C=O) groups is 1. The zero-order valence-corrected chi connectivity index (χ0v) is 11.0. The summed E-state index contributed by atoms with van der Waals surface area (Å²) in [6, 6.07) is 2.06. The summed E-state index contributed by atoms with van der Waals surface area (Å²) >= 11 is 3.30. The number of ether oxygens (including phenoxy) is 1. The van der Waals surface area contributed by atoms with Crippen molar-refractivity contribution in [2.75, 3.05) is 32.1 Å². The zero-order chi connectivity index (χ0) is 12.1. The van der Waals surface area contributed by atoms with Crippen molar-refractivity contribution in [1.29, 1.82) is 0 Å². The average molecular weight is 273 g/mol. The van der Waals surface area contributed by atoms with E-state index in [0.717, 1.165) is 0 Å². The SMILES string of the molecule is O=C1CSC(c2ccsc2)N1CCOCCO. The van der Waals surface area contributed by atoms with Crippen LogP contribution in [0.1, 0.15) is 10.9 Å². The van der Waals surface area contributed by atoms with Crippen LogP contribution < -0.4 is 0 Å². The van der Waals surface area contributed by atoms with Crippen LogP contribution in [0.5, 0.6) is 0 Å². The maximum Gasteiger partial charge on any atom is 0.233 e. The van der Waals surface area contributed by atoms with Crippen molar-refractivity contribution in [3.8, 4) is 0 Å². The summed E-state index contributed by atoms with van der Waals surface area (Å²) < 4.78 is 5.21. The van der Waals surface area contributed by atoms with Crippen LogP contribution in [-0.2, 0) is 9.53 Å². The predicted octanol–water partition coefficient (Wildman–Crippen LogP) is 1.33. The molecule has 1 aromatic heterocycles. The van der Waals surface area contributed by atoms with Crippen LogP contribution in [0.25, 0.3) is 0 Å². The number of nitrogens with zero attached hydrogens (tertiary/aromatic N) is 1. The van der Waals surface area contributed by atoms with Gasteiger partial charge in [-0.15, -0.1) is 11.8 Å². The minimum atomic E-state index is 0.0245. The second kappa shape index (κ2) is 6.39. The molecule has 6 heteroatoms. The molecule has 0 radical (unpaired) electrons. The Hall–Kier alpha value is -0.560. The van der Waals surface area contributed by atoms with Gasteiger partial charge in [0.15, 0.2) is 0 Å². The Morgan fingerprint density at radius 2 is 2.41 bits per heavy atom. The highest BCUT2D eigenvalue weighted by atomic mass is 32.2. The first-order valence-electron chi connectivity index (χ1n) is 5.44. The molecule has 2 heterocycles. The Morgan fingerprint density at radius 1 is 1.53 bits per heavy atom. The topological polar surface area (TPSA) is 49.8 Å². The molecule has 1 atom stereocenters. The maximum absolute atomic E-state index is 11.7. The summed E-state index contributed by atoms with van der Waals surface area (Å²) in [6.45, 7) is 1.43. The molecule has 0 bridgehead atoms. The summed E-state index contributed by atoms with van der Waals surface area (Å²) in [5.41, 5.74) is 1.19. The first kappa shape index (κ1) is 12.9. The van der Waals surface area contributed by atoms with E-state index in [2.05, 4.69) is 11.4 Å². The van der Waals surface area contributed by atoms with Crippen LogP contribution in [-0.4, -0.2) is 48.0 Å². The molecule has 1 aliphatic heterocycles. The molecule has 1 saturated heterocycles. The standard InChI is InChI=1S/C11H15NO3S2/c13-3-5-15-4-2-12-10(14)8-17-11(12)9-1-6-16-7-9/h1,6-7,11,13H,2-5,8H2. The molecule has 0 aromatic carbocycles. The highest BCUT2D eigenvalue weighted by molar-refractivity contribution is 8.00. The predicted molar refractivity (Wildman–Crippen MR) is 69.1 cm³/mol. The van der Waals surface area contributed by atoms with Crippen molar-refractivity contribution in [2.45, 2.75) is 5.37 Å². The van der Waals surface area contributed by atoms with Gasteiger partial charge in [0.1, 0.15) is 5.37 Å². The second-order valence-corrected chi connectivity index (χ2v) is 5.49. The van der Waals surface area contributed by atoms with Crippen LogP contribution in [0.3, 0.4) is 0 Å². The molecule has 1 N–H and O–H groups in total. The molecule has 1 aromatic rings. The number of hydrogen-bond donors (Lipinski definition) is 1. The van der Waals surface area contributed by atoms with Crippen LogP contribution >= 0.6 is 23.1 Å². The largest absolute Gasteiger partial charge is 0.394 e. The van der Waals surface area contributed by atoms with Gasteiger partial charge in [-0.1, -0.05) is 0 Å². The number of amides is 1. The Bertz CT molecular complexity index is 356. The van der Waals surface area contributed by atoms with Gasteiger partial charge in [0, 0.05) is 6.54 Å². The van der Waals surface area contributed by atoms with Crippen LogP contribution in [0, 0.1) is 0 Å². The number of carbonyl (C=O) groups excluding carboxylic acids is 1. The third-order valence-corrected chi connectivity index (χ3v) is 4.47. The lowest BCUT2D eigenvalue weighted by molar-refractivity contribution is -0.128. The van der Waals surface area contributed by atoms with E-state index in [-0.39, 0.29) is 17.9 Å². The summed E-state index contributed by atoms with van der Waals surface area (Å²) in [5.74, 6) is 0.708. The summed E-state index contributed by atoms with van der Waals surface area (Å²) in [7, 11) is 0. The lowest BCUT2D eigenvalue weighted by Crippen LogP contribution is -2.31. The minimum Gasteiger partial charge on any atom is -0.394 e. The van der Waals surface area contributed by atoms with Gasteiger partial charge in [0.25, 0.3) is 0 Å². The van der Waals surface area contributed by atoms with Gasteiger partial charge < -0.3 is 14.7 Å². The number of aliphatic hydroxyl groups excluding tert-OH is 1. The molecular weight excluding hydrogens is 258 g/mol. The van der Waals surface area contributed by atoms with Crippen LogP contribution in [0.15, 0.2) is 16.8 Å². The molecule has 1 unspecified atom stereocenters. The normalized spacial score (nSPS) is 20.2. The number of thiophene rings is 1. The van der Waals surface area contributed by atoms with Gasteiger partial charge in [-0.3, -0.25) is 4.79 Å². The second-order valence-electron chi connectivity index (χ2n) is 3.64. The first-order valence-corrected chi connectivity index (χ1v) is 7.44. The van der Waals surface area contributed by atoms with E-state index in [0.29, 0.717) is 25.5 Å². The van der Waals surface area contributed by atoms with E-state index in [1.54, 1.807) is 23.1 Å². The molecule has 4 nitrogen and oxygen atoms in total. The number of hydrogen-bond acceptors (Lipinski definition) is 5. The zero-order valence-electron chi connectivity index (χ0n) is 9.37. The molecule has 0 saturated carbocycles. The first-order chi connectivity index (χ1) is 8.33. The third kappa shape index (κ3) is 3.22. The monoisotopic (exact) mass is 273 g/mol. The fourth-order valence-corrected chi connectivity index (χ4v) is 3.69. The number of rotatable bonds is 6. The molecule has 94 valence electrons. The fourth-order valence-electron chi connectivity index (χ4n) is 1.72. The highest BCUT2D eigenvalue weighted by Crippen LogP contribution is 2.38. The van der Waals surface area contributed by atoms with Crippen molar-refractivity contribution in [3.05, 3.63) is 22.4 Å². The molecule has 2 rings (SSSR count). The van der Waals surface area contributed by atoms with E-state index in [4.69, 9.17) is 9.84 Å². The Kier molecular flexibility index (Phi) is 4.85. The van der Waals surface area contributed by atoms with Crippen LogP contribution in [0.4, 0.5) is 0 Å². The molecule has 0 spiro atoms. The van der Waals surface area contributed by atoms with Crippen LogP contribution in [0.2, 0.25) is 0 Å². The maximum atomic E-state index is 11.7. The molecule has 1 amide bonds. The van der Waals surface area contributed by atoms with E-state index in [1.165, 1.54) is 5.56 Å². The van der Waals surface area contributed by atoms with Gasteiger partial charge in [-0.05, 0) is 22.4 Å². The molecule has 1 aliphatic rings. The summed E-state index contributed by atoms with van der Waals surface area (Å²) in [5, 5.41) is 12.8. The summed E-state index contributed by atoms with van der Waals surface area (Å²) in [6.07, 6.45) is 0. The Morgan fingerprint density at radius 3 is 3.12 bits per heavy atom. The minimum absolute atomic E-state index is 0.0245. The van der Waals surface area contributed by atoms with E-state index in [9.17, 15) is 4.79 Å². The lowest BCUT2D eigenvalue weighted by Gasteiger charge is -2.23. The fraction of sp³-hybridized carbons (Fsp3) is 0.545. The summed E-state index contributed by atoms with van der Waals surface area (Å²) in [4.78, 5) is 13.6. The van der Waals surface area contributed by atoms with Crippen molar-refractivity contribution in [1.82, 2.24) is 4.90 Å². The molecule has 0 aliphatic carbocycles. The molecule has 1 fully saturated rings. The molecule has 17 heavy (non-hydrogen) atoms. The van der Waals surface area contributed by atoms with Gasteiger partial charge in [-0.25, -0.2) is 0 Å². The van der Waals surface area contributed by atoms with E-state index < -0.39 is 0 Å². The van der Waals surface area contributed by atoms with E-state index >= 15 is 0 Å². The molecular formula is C11H15NO3S2.